The Morgan fingerprint density at radius 2 is 2.46 bits per heavy atom. The Morgan fingerprint density at radius 3 is 3.08 bits per heavy atom. The van der Waals surface area contributed by atoms with Gasteiger partial charge in [-0.15, -0.1) is 0 Å². The number of nitrogens with zero attached hydrogens (tertiary/aromatic N) is 2. The van der Waals surface area contributed by atoms with Gasteiger partial charge in [0.15, 0.2) is 0 Å². The summed E-state index contributed by atoms with van der Waals surface area (Å²) in [6, 6.07) is 3.87. The molecule has 0 saturated carbocycles. The lowest BCUT2D eigenvalue weighted by atomic mass is 10.2. The molecule has 2 nitrogen and oxygen atoms in total. The summed E-state index contributed by atoms with van der Waals surface area (Å²) < 4.78 is 0. The number of rotatable bonds is 3. The average molecular weight is 174 g/mol. The molecular weight excluding hydrogens is 160 g/mol. The molecular formula is C11H14N2. The van der Waals surface area contributed by atoms with E-state index in [1.54, 1.807) is 12.3 Å². The maximum Gasteiger partial charge on any atom is 0.0847 e. The SMILES string of the molecule is C=CC(C)=Nc1cccnc1CC. The third-order valence-electron chi connectivity index (χ3n) is 1.79. The van der Waals surface area contributed by atoms with Crippen LogP contribution in [-0.2, 0) is 6.42 Å². The van der Waals surface area contributed by atoms with E-state index in [4.69, 9.17) is 0 Å². The van der Waals surface area contributed by atoms with Gasteiger partial charge < -0.3 is 0 Å². The van der Waals surface area contributed by atoms with Crippen molar-refractivity contribution in [2.24, 2.45) is 4.99 Å². The summed E-state index contributed by atoms with van der Waals surface area (Å²) >= 11 is 0. The van der Waals surface area contributed by atoms with E-state index in [0.717, 1.165) is 23.5 Å². The highest BCUT2D eigenvalue weighted by Gasteiger charge is 1.97. The highest BCUT2D eigenvalue weighted by atomic mass is 14.8. The molecule has 0 aliphatic carbocycles. The molecule has 1 aromatic rings. The van der Waals surface area contributed by atoms with Crippen LogP contribution in [-0.4, -0.2) is 10.7 Å². The van der Waals surface area contributed by atoms with Gasteiger partial charge in [0, 0.05) is 11.9 Å². The zero-order valence-corrected chi connectivity index (χ0v) is 8.12. The van der Waals surface area contributed by atoms with Crippen molar-refractivity contribution < 1.29 is 0 Å². The molecule has 0 aliphatic heterocycles. The number of aliphatic imine (C=N–C) groups is 1. The van der Waals surface area contributed by atoms with Crippen LogP contribution in [0.1, 0.15) is 19.5 Å². The number of pyridine rings is 1. The molecule has 0 saturated heterocycles. The quantitative estimate of drug-likeness (QED) is 0.647. The van der Waals surface area contributed by atoms with Crippen LogP contribution in [0.3, 0.4) is 0 Å². The van der Waals surface area contributed by atoms with Gasteiger partial charge in [-0.1, -0.05) is 13.5 Å². The molecule has 0 unspecified atom stereocenters. The van der Waals surface area contributed by atoms with Gasteiger partial charge in [-0.2, -0.15) is 0 Å². The summed E-state index contributed by atoms with van der Waals surface area (Å²) in [5.41, 5.74) is 2.90. The first-order chi connectivity index (χ1) is 6.27. The number of allylic oxidation sites excluding steroid dienone is 1. The number of hydrogen-bond donors (Lipinski definition) is 0. The van der Waals surface area contributed by atoms with Gasteiger partial charge in [-0.05, 0) is 31.6 Å². The Labute approximate surface area is 79.0 Å². The van der Waals surface area contributed by atoms with Crippen molar-refractivity contribution in [2.45, 2.75) is 20.3 Å². The van der Waals surface area contributed by atoms with Crippen LogP contribution >= 0.6 is 0 Å². The van der Waals surface area contributed by atoms with Crippen LogP contribution in [0.15, 0.2) is 36.0 Å². The van der Waals surface area contributed by atoms with Gasteiger partial charge in [0.05, 0.1) is 11.4 Å². The van der Waals surface area contributed by atoms with Crippen molar-refractivity contribution in [3.63, 3.8) is 0 Å². The van der Waals surface area contributed by atoms with Gasteiger partial charge in [-0.3, -0.25) is 9.98 Å². The van der Waals surface area contributed by atoms with Gasteiger partial charge in [0.2, 0.25) is 0 Å². The number of aromatic nitrogens is 1. The second-order valence-corrected chi connectivity index (χ2v) is 2.78. The molecule has 2 heteroatoms. The first-order valence-corrected chi connectivity index (χ1v) is 4.39. The predicted molar refractivity (Wildman–Crippen MR) is 56.6 cm³/mol. The van der Waals surface area contributed by atoms with Gasteiger partial charge in [0.1, 0.15) is 0 Å². The minimum Gasteiger partial charge on any atom is -0.259 e. The molecule has 68 valence electrons. The molecule has 0 fully saturated rings. The summed E-state index contributed by atoms with van der Waals surface area (Å²) in [5, 5.41) is 0. The molecule has 0 radical (unpaired) electrons. The van der Waals surface area contributed by atoms with E-state index in [9.17, 15) is 0 Å². The Kier molecular flexibility index (Phi) is 3.38. The number of hydrogen-bond acceptors (Lipinski definition) is 2. The van der Waals surface area contributed by atoms with Crippen molar-refractivity contribution in [2.75, 3.05) is 0 Å². The van der Waals surface area contributed by atoms with Gasteiger partial charge in [0.25, 0.3) is 0 Å². The van der Waals surface area contributed by atoms with Crippen molar-refractivity contribution >= 4 is 11.4 Å². The van der Waals surface area contributed by atoms with Crippen LogP contribution in [0, 0.1) is 0 Å². The molecule has 1 rings (SSSR count). The molecule has 0 aromatic carbocycles. The lowest BCUT2D eigenvalue weighted by Crippen LogP contribution is -1.88. The molecule has 0 bridgehead atoms. The Bertz CT molecular complexity index is 327. The standard InChI is InChI=1S/C11H14N2/c1-4-9(3)13-11-7-6-8-12-10(11)5-2/h4,6-8H,1,5H2,2-3H3. The maximum atomic E-state index is 4.38. The van der Waals surface area contributed by atoms with E-state index >= 15 is 0 Å². The monoisotopic (exact) mass is 174 g/mol. The third-order valence-corrected chi connectivity index (χ3v) is 1.79. The zero-order chi connectivity index (χ0) is 9.68. The summed E-state index contributed by atoms with van der Waals surface area (Å²) in [5.74, 6) is 0. The van der Waals surface area contributed by atoms with E-state index in [1.165, 1.54) is 0 Å². The van der Waals surface area contributed by atoms with Crippen molar-refractivity contribution in [1.29, 1.82) is 0 Å². The molecule has 0 aliphatic rings. The normalized spacial score (nSPS) is 11.4. The van der Waals surface area contributed by atoms with Crippen LogP contribution < -0.4 is 0 Å². The molecule has 0 spiro atoms. The summed E-state index contributed by atoms with van der Waals surface area (Å²) in [6.07, 6.45) is 4.44. The second-order valence-electron chi connectivity index (χ2n) is 2.78. The first-order valence-electron chi connectivity index (χ1n) is 4.39. The Hall–Kier alpha value is -1.44. The highest BCUT2D eigenvalue weighted by molar-refractivity contribution is 5.94. The molecule has 0 N–H and O–H groups in total. The molecule has 1 heterocycles. The van der Waals surface area contributed by atoms with Crippen molar-refractivity contribution in [1.82, 2.24) is 4.98 Å². The lowest BCUT2D eigenvalue weighted by molar-refractivity contribution is 1.03. The van der Waals surface area contributed by atoms with E-state index in [-0.39, 0.29) is 0 Å². The Balaban J connectivity index is 3.06. The minimum atomic E-state index is 0.907. The van der Waals surface area contributed by atoms with Crippen molar-refractivity contribution in [3.05, 3.63) is 36.7 Å². The smallest absolute Gasteiger partial charge is 0.0847 e. The van der Waals surface area contributed by atoms with Crippen LogP contribution in [0.25, 0.3) is 0 Å². The average Bonchev–Trinajstić information content (AvgIpc) is 2.18. The lowest BCUT2D eigenvalue weighted by Gasteiger charge is -2.00. The van der Waals surface area contributed by atoms with Crippen LogP contribution in [0.4, 0.5) is 5.69 Å². The zero-order valence-electron chi connectivity index (χ0n) is 8.12. The third kappa shape index (κ3) is 2.51. The first kappa shape index (κ1) is 9.65. The molecule has 0 amide bonds. The minimum absolute atomic E-state index is 0.907. The fourth-order valence-corrected chi connectivity index (χ4v) is 1.04. The second kappa shape index (κ2) is 4.55. The van der Waals surface area contributed by atoms with Crippen LogP contribution in [0.5, 0.6) is 0 Å². The molecule has 0 atom stereocenters. The van der Waals surface area contributed by atoms with E-state index < -0.39 is 0 Å². The van der Waals surface area contributed by atoms with Crippen LogP contribution in [0.2, 0.25) is 0 Å². The fourth-order valence-electron chi connectivity index (χ4n) is 1.04. The Morgan fingerprint density at radius 1 is 1.69 bits per heavy atom. The number of aryl methyl sites for hydroxylation is 1. The highest BCUT2D eigenvalue weighted by Crippen LogP contribution is 2.16. The van der Waals surface area contributed by atoms with Gasteiger partial charge >= 0.3 is 0 Å². The summed E-state index contributed by atoms with van der Waals surface area (Å²) in [6.45, 7) is 7.67. The largest absolute Gasteiger partial charge is 0.259 e. The predicted octanol–water partition coefficient (Wildman–Crippen LogP) is 2.92. The fraction of sp³-hybridized carbons (Fsp3) is 0.273. The summed E-state index contributed by atoms with van der Waals surface area (Å²) in [4.78, 5) is 8.63. The van der Waals surface area contributed by atoms with E-state index in [1.807, 2.05) is 19.1 Å². The molecule has 13 heavy (non-hydrogen) atoms. The molecule has 1 aromatic heterocycles. The van der Waals surface area contributed by atoms with E-state index in [2.05, 4.69) is 23.5 Å². The summed E-state index contributed by atoms with van der Waals surface area (Å²) in [7, 11) is 0. The van der Waals surface area contributed by atoms with E-state index in [0.29, 0.717) is 0 Å². The van der Waals surface area contributed by atoms with Gasteiger partial charge in [-0.25, -0.2) is 0 Å². The topological polar surface area (TPSA) is 25.2 Å². The maximum absolute atomic E-state index is 4.38. The van der Waals surface area contributed by atoms with Crippen molar-refractivity contribution in [3.8, 4) is 0 Å².